The van der Waals surface area contributed by atoms with Crippen molar-refractivity contribution >= 4 is 6.29 Å². The van der Waals surface area contributed by atoms with E-state index in [4.69, 9.17) is 0 Å². The van der Waals surface area contributed by atoms with Crippen molar-refractivity contribution in [3.63, 3.8) is 0 Å². The Hall–Kier alpha value is -1.35. The summed E-state index contributed by atoms with van der Waals surface area (Å²) in [5.41, 5.74) is 1.01. The number of aromatic hydroxyl groups is 1. The third kappa shape index (κ3) is 2.86. The molecule has 1 aliphatic heterocycles. The molecule has 1 saturated heterocycles. The number of likely N-dealkylation sites (tertiary alicyclic amines) is 1. The van der Waals surface area contributed by atoms with Crippen molar-refractivity contribution in [3.05, 3.63) is 29.8 Å². The first-order valence-corrected chi connectivity index (χ1v) is 6.13. The number of hydrogen-bond donors (Lipinski definition) is 1. The molecule has 1 aromatic rings. The molecule has 1 fully saturated rings. The molecular formula is C14H19NO2. The fourth-order valence-electron chi connectivity index (χ4n) is 2.66. The molecule has 2 atom stereocenters. The van der Waals surface area contributed by atoms with Crippen LogP contribution in [0.1, 0.15) is 24.3 Å². The molecule has 2 unspecified atom stereocenters. The van der Waals surface area contributed by atoms with Gasteiger partial charge in [0.25, 0.3) is 0 Å². The normalized spacial score (nSPS) is 23.2. The van der Waals surface area contributed by atoms with Gasteiger partial charge in [-0.25, -0.2) is 0 Å². The van der Waals surface area contributed by atoms with Crippen molar-refractivity contribution in [1.82, 2.24) is 4.90 Å². The quantitative estimate of drug-likeness (QED) is 0.812. The van der Waals surface area contributed by atoms with Crippen LogP contribution in [0.4, 0.5) is 0 Å². The minimum Gasteiger partial charge on any atom is -0.508 e. The first-order valence-electron chi connectivity index (χ1n) is 6.13. The van der Waals surface area contributed by atoms with Crippen molar-refractivity contribution in [2.45, 2.75) is 18.8 Å². The van der Waals surface area contributed by atoms with E-state index in [1.54, 1.807) is 12.1 Å². The molecule has 0 aliphatic carbocycles. The Kier molecular flexibility index (Phi) is 3.79. The summed E-state index contributed by atoms with van der Waals surface area (Å²) in [5.74, 6) is 0.605. The van der Waals surface area contributed by atoms with E-state index in [2.05, 4.69) is 11.9 Å². The molecule has 0 amide bonds. The van der Waals surface area contributed by atoms with Crippen molar-refractivity contribution in [2.75, 3.05) is 20.1 Å². The lowest BCUT2D eigenvalue weighted by molar-refractivity contribution is -0.110. The van der Waals surface area contributed by atoms with Gasteiger partial charge < -0.3 is 14.8 Å². The van der Waals surface area contributed by atoms with E-state index in [-0.39, 0.29) is 11.7 Å². The highest BCUT2D eigenvalue weighted by Crippen LogP contribution is 2.30. The van der Waals surface area contributed by atoms with Gasteiger partial charge in [0.2, 0.25) is 0 Å². The van der Waals surface area contributed by atoms with Crippen LogP contribution < -0.4 is 0 Å². The van der Waals surface area contributed by atoms with Crippen LogP contribution in [0.5, 0.6) is 5.75 Å². The van der Waals surface area contributed by atoms with Gasteiger partial charge in [0, 0.05) is 12.5 Å². The zero-order chi connectivity index (χ0) is 12.3. The van der Waals surface area contributed by atoms with Crippen LogP contribution in [0.2, 0.25) is 0 Å². The van der Waals surface area contributed by atoms with Crippen molar-refractivity contribution < 1.29 is 9.90 Å². The number of nitrogens with zero attached hydrogens (tertiary/aromatic N) is 1. The number of piperidine rings is 1. The van der Waals surface area contributed by atoms with Gasteiger partial charge in [-0.2, -0.15) is 0 Å². The average molecular weight is 233 g/mol. The predicted molar refractivity (Wildman–Crippen MR) is 67.1 cm³/mol. The largest absolute Gasteiger partial charge is 0.508 e. The van der Waals surface area contributed by atoms with Crippen molar-refractivity contribution in [2.24, 2.45) is 5.92 Å². The Balaban J connectivity index is 2.15. The van der Waals surface area contributed by atoms with Crippen molar-refractivity contribution in [3.8, 4) is 5.75 Å². The summed E-state index contributed by atoms with van der Waals surface area (Å²) in [6.07, 6.45) is 3.31. The predicted octanol–water partition coefficient (Wildman–Crippen LogP) is 2.02. The minimum atomic E-state index is -0.0432. The molecule has 2 rings (SSSR count). The lowest BCUT2D eigenvalue weighted by Gasteiger charge is -2.33. The van der Waals surface area contributed by atoms with E-state index in [0.29, 0.717) is 5.92 Å². The van der Waals surface area contributed by atoms with Gasteiger partial charge in [-0.15, -0.1) is 0 Å². The molecule has 1 aromatic carbocycles. The second-order valence-corrected chi connectivity index (χ2v) is 4.92. The van der Waals surface area contributed by atoms with Crippen LogP contribution in [-0.4, -0.2) is 36.4 Å². The molecule has 3 nitrogen and oxygen atoms in total. The number of carbonyl (C=O) groups is 1. The molecule has 92 valence electrons. The van der Waals surface area contributed by atoms with Gasteiger partial charge in [-0.3, -0.25) is 0 Å². The first-order chi connectivity index (χ1) is 8.20. The average Bonchev–Trinajstić information content (AvgIpc) is 2.33. The Morgan fingerprint density at radius 1 is 1.41 bits per heavy atom. The summed E-state index contributed by atoms with van der Waals surface area (Å²) in [7, 11) is 2.10. The fourth-order valence-corrected chi connectivity index (χ4v) is 2.66. The summed E-state index contributed by atoms with van der Waals surface area (Å²) < 4.78 is 0. The van der Waals surface area contributed by atoms with E-state index in [0.717, 1.165) is 37.8 Å². The van der Waals surface area contributed by atoms with Gasteiger partial charge in [0.15, 0.2) is 0 Å². The molecular weight excluding hydrogens is 214 g/mol. The molecule has 17 heavy (non-hydrogen) atoms. The van der Waals surface area contributed by atoms with Gasteiger partial charge in [0.05, 0.1) is 0 Å². The number of carbonyl (C=O) groups excluding carboxylic acids is 1. The zero-order valence-electron chi connectivity index (χ0n) is 10.2. The third-order valence-corrected chi connectivity index (χ3v) is 3.59. The number of rotatable bonds is 3. The maximum Gasteiger partial charge on any atom is 0.127 e. The van der Waals surface area contributed by atoms with Crippen LogP contribution in [0, 0.1) is 5.92 Å². The van der Waals surface area contributed by atoms with Gasteiger partial charge in [-0.1, -0.05) is 12.1 Å². The number of aldehydes is 1. The zero-order valence-corrected chi connectivity index (χ0v) is 10.2. The Bertz CT molecular complexity index is 374. The first kappa shape index (κ1) is 12.1. The van der Waals surface area contributed by atoms with Crippen LogP contribution >= 0.6 is 0 Å². The molecule has 0 spiro atoms. The van der Waals surface area contributed by atoms with E-state index >= 15 is 0 Å². The van der Waals surface area contributed by atoms with Crippen LogP contribution in [-0.2, 0) is 4.79 Å². The van der Waals surface area contributed by atoms with E-state index in [1.807, 2.05) is 12.1 Å². The molecule has 0 radical (unpaired) electrons. The smallest absolute Gasteiger partial charge is 0.127 e. The van der Waals surface area contributed by atoms with Crippen molar-refractivity contribution in [1.29, 1.82) is 0 Å². The summed E-state index contributed by atoms with van der Waals surface area (Å²) in [4.78, 5) is 13.6. The molecule has 3 heteroatoms. The maximum absolute atomic E-state index is 11.3. The van der Waals surface area contributed by atoms with Gasteiger partial charge in [-0.05, 0) is 50.0 Å². The third-order valence-electron chi connectivity index (χ3n) is 3.59. The second kappa shape index (κ2) is 5.32. The summed E-state index contributed by atoms with van der Waals surface area (Å²) in [5, 5.41) is 9.27. The fraction of sp³-hybridized carbons (Fsp3) is 0.500. The lowest BCUT2D eigenvalue weighted by Crippen LogP contribution is -2.35. The van der Waals surface area contributed by atoms with Crippen LogP contribution in [0.25, 0.3) is 0 Å². The number of phenolic OH excluding ortho intramolecular Hbond substituents is 1. The highest BCUT2D eigenvalue weighted by Gasteiger charge is 2.26. The van der Waals surface area contributed by atoms with E-state index in [9.17, 15) is 9.90 Å². The molecule has 1 aliphatic rings. The lowest BCUT2D eigenvalue weighted by atomic mass is 9.82. The number of benzene rings is 1. The Morgan fingerprint density at radius 2 is 2.12 bits per heavy atom. The van der Waals surface area contributed by atoms with Crippen LogP contribution in [0.3, 0.4) is 0 Å². The summed E-state index contributed by atoms with van der Waals surface area (Å²) in [6.45, 7) is 2.10. The van der Waals surface area contributed by atoms with E-state index < -0.39 is 0 Å². The molecule has 0 aromatic heterocycles. The Labute approximate surface area is 102 Å². The summed E-state index contributed by atoms with van der Waals surface area (Å²) >= 11 is 0. The highest BCUT2D eigenvalue weighted by molar-refractivity contribution is 5.63. The number of hydrogen-bond acceptors (Lipinski definition) is 3. The standard InChI is InChI=1S/C14H19NO2/c1-15-8-2-3-12(9-15)14(10-16)11-4-6-13(17)7-5-11/h4-7,10,12,14,17H,2-3,8-9H2,1H3. The van der Waals surface area contributed by atoms with Crippen LogP contribution in [0.15, 0.2) is 24.3 Å². The topological polar surface area (TPSA) is 40.5 Å². The molecule has 0 saturated carbocycles. The molecule has 1 N–H and O–H groups in total. The minimum absolute atomic E-state index is 0.0432. The monoisotopic (exact) mass is 233 g/mol. The Morgan fingerprint density at radius 3 is 2.71 bits per heavy atom. The maximum atomic E-state index is 11.3. The SMILES string of the molecule is CN1CCCC(C(C=O)c2ccc(O)cc2)C1. The molecule has 0 bridgehead atoms. The van der Waals surface area contributed by atoms with Gasteiger partial charge >= 0.3 is 0 Å². The second-order valence-electron chi connectivity index (χ2n) is 4.92. The summed E-state index contributed by atoms with van der Waals surface area (Å²) in [6, 6.07) is 7.00. The molecule has 1 heterocycles. The van der Waals surface area contributed by atoms with Gasteiger partial charge in [0.1, 0.15) is 12.0 Å². The highest BCUT2D eigenvalue weighted by atomic mass is 16.3. The van der Waals surface area contributed by atoms with E-state index in [1.165, 1.54) is 0 Å². The number of phenols is 1.